The lowest BCUT2D eigenvalue weighted by Gasteiger charge is -2.56. The summed E-state index contributed by atoms with van der Waals surface area (Å²) in [6.07, 6.45) is 7.88. The maximum atomic E-state index is 12.4. The monoisotopic (exact) mass is 395 g/mol. The number of carbonyl (C=O) groups is 2. The third kappa shape index (κ3) is 3.91. The number of ether oxygens (including phenoxy) is 1. The summed E-state index contributed by atoms with van der Waals surface area (Å²) >= 11 is 0. The predicted molar refractivity (Wildman–Crippen MR) is 105 cm³/mol. The molecule has 4 saturated carbocycles. The summed E-state index contributed by atoms with van der Waals surface area (Å²) < 4.78 is 10.7. The van der Waals surface area contributed by atoms with Crippen LogP contribution in [0, 0.1) is 23.2 Å². The Labute approximate surface area is 169 Å². The van der Waals surface area contributed by atoms with Gasteiger partial charge in [0.1, 0.15) is 0 Å². The number of rotatable bonds is 6. The Balaban J connectivity index is 1.12. The fourth-order valence-corrected chi connectivity index (χ4v) is 6.14. The molecule has 29 heavy (non-hydrogen) atoms. The number of nitrogens with one attached hydrogen (secondary N) is 1. The van der Waals surface area contributed by atoms with Gasteiger partial charge in [-0.05, 0) is 73.8 Å². The Hall–Kier alpha value is -2.70. The number of aromatic nitrogens is 2. The molecule has 1 amide bonds. The molecule has 152 valence electrons. The van der Waals surface area contributed by atoms with Crippen LogP contribution in [-0.4, -0.2) is 28.7 Å². The van der Waals surface area contributed by atoms with E-state index in [-0.39, 0.29) is 24.0 Å². The summed E-state index contributed by atoms with van der Waals surface area (Å²) in [6, 6.07) is 9.28. The average molecular weight is 395 g/mol. The number of amides is 1. The average Bonchev–Trinajstić information content (AvgIpc) is 3.14. The number of carbonyl (C=O) groups excluding carboxylic acids is 2. The molecule has 0 unspecified atom stereocenters. The maximum Gasteiger partial charge on any atom is 0.322 e. The van der Waals surface area contributed by atoms with Crippen LogP contribution in [0.15, 0.2) is 34.7 Å². The molecule has 4 fully saturated rings. The number of anilines is 1. The molecule has 1 heterocycles. The van der Waals surface area contributed by atoms with Gasteiger partial charge < -0.3 is 9.15 Å². The van der Waals surface area contributed by atoms with Crippen LogP contribution in [0.1, 0.15) is 44.9 Å². The van der Waals surface area contributed by atoms with Crippen molar-refractivity contribution < 1.29 is 18.7 Å². The third-order valence-corrected chi connectivity index (χ3v) is 6.74. The van der Waals surface area contributed by atoms with Gasteiger partial charge in [0.15, 0.2) is 6.61 Å². The second kappa shape index (κ2) is 7.28. The highest BCUT2D eigenvalue weighted by molar-refractivity contribution is 5.91. The molecule has 6 rings (SSSR count). The summed E-state index contributed by atoms with van der Waals surface area (Å²) in [5.74, 6) is 1.92. The SMILES string of the molecule is O=C(COC(=O)CC12CC3CC(CC(C3)C1)C2)Nc1nnc(-c2ccccc2)o1. The fourth-order valence-electron chi connectivity index (χ4n) is 6.14. The number of hydrogen-bond donors (Lipinski definition) is 1. The minimum absolute atomic E-state index is 0.00835. The van der Waals surface area contributed by atoms with Crippen LogP contribution in [0.5, 0.6) is 0 Å². The van der Waals surface area contributed by atoms with Gasteiger partial charge in [-0.15, -0.1) is 5.10 Å². The van der Waals surface area contributed by atoms with Crippen LogP contribution in [0.3, 0.4) is 0 Å². The molecular weight excluding hydrogens is 370 g/mol. The van der Waals surface area contributed by atoms with Crippen molar-refractivity contribution in [2.24, 2.45) is 23.2 Å². The van der Waals surface area contributed by atoms with Crippen molar-refractivity contribution >= 4 is 17.9 Å². The van der Waals surface area contributed by atoms with E-state index in [1.807, 2.05) is 30.3 Å². The van der Waals surface area contributed by atoms with Crippen molar-refractivity contribution in [1.29, 1.82) is 0 Å². The summed E-state index contributed by atoms with van der Waals surface area (Å²) in [5.41, 5.74) is 0.877. The van der Waals surface area contributed by atoms with Gasteiger partial charge in [-0.1, -0.05) is 23.3 Å². The maximum absolute atomic E-state index is 12.4. The molecule has 2 aromatic rings. The summed E-state index contributed by atoms with van der Waals surface area (Å²) in [6.45, 7) is -0.339. The van der Waals surface area contributed by atoms with E-state index in [9.17, 15) is 9.59 Å². The smallest absolute Gasteiger partial charge is 0.322 e. The van der Waals surface area contributed by atoms with Crippen molar-refractivity contribution in [2.75, 3.05) is 11.9 Å². The molecule has 1 aromatic carbocycles. The van der Waals surface area contributed by atoms with Crippen molar-refractivity contribution in [1.82, 2.24) is 10.2 Å². The highest BCUT2D eigenvalue weighted by Crippen LogP contribution is 2.61. The Kier molecular flexibility index (Phi) is 4.60. The second-order valence-corrected chi connectivity index (χ2v) is 9.08. The molecule has 4 aliphatic rings. The molecule has 7 nitrogen and oxygen atoms in total. The van der Waals surface area contributed by atoms with Gasteiger partial charge in [0, 0.05) is 5.56 Å². The lowest BCUT2D eigenvalue weighted by atomic mass is 9.49. The van der Waals surface area contributed by atoms with Crippen LogP contribution in [0.25, 0.3) is 11.5 Å². The molecule has 0 spiro atoms. The molecule has 1 N–H and O–H groups in total. The van der Waals surface area contributed by atoms with E-state index in [4.69, 9.17) is 9.15 Å². The van der Waals surface area contributed by atoms with Crippen LogP contribution < -0.4 is 5.32 Å². The van der Waals surface area contributed by atoms with Crippen LogP contribution in [0.4, 0.5) is 6.01 Å². The Morgan fingerprint density at radius 1 is 1.03 bits per heavy atom. The van der Waals surface area contributed by atoms with E-state index in [1.54, 1.807) is 0 Å². The Bertz CT molecular complexity index is 873. The number of esters is 1. The lowest BCUT2D eigenvalue weighted by molar-refractivity contribution is -0.154. The zero-order chi connectivity index (χ0) is 19.8. The third-order valence-electron chi connectivity index (χ3n) is 6.74. The molecule has 0 atom stereocenters. The molecule has 1 aromatic heterocycles. The van der Waals surface area contributed by atoms with E-state index < -0.39 is 5.91 Å². The summed E-state index contributed by atoms with van der Waals surface area (Å²) in [5, 5.41) is 10.2. The standard InChI is InChI=1S/C22H25N3O4/c26-18(23-21-25-24-20(29-21)17-4-2-1-3-5-17)13-28-19(27)12-22-9-14-6-15(10-22)8-16(7-14)11-22/h1-5,14-16H,6-13H2,(H,23,25,26). The molecule has 4 bridgehead atoms. The van der Waals surface area contributed by atoms with Gasteiger partial charge >= 0.3 is 12.0 Å². The zero-order valence-electron chi connectivity index (χ0n) is 16.3. The van der Waals surface area contributed by atoms with Gasteiger partial charge in [-0.3, -0.25) is 14.9 Å². The molecule has 7 heteroatoms. The van der Waals surface area contributed by atoms with Crippen molar-refractivity contribution in [2.45, 2.75) is 44.9 Å². The highest BCUT2D eigenvalue weighted by atomic mass is 16.5. The van der Waals surface area contributed by atoms with Crippen LogP contribution >= 0.6 is 0 Å². The van der Waals surface area contributed by atoms with Gasteiger partial charge in [-0.2, -0.15) is 0 Å². The predicted octanol–water partition coefficient (Wildman–Crippen LogP) is 3.82. The molecule has 0 saturated heterocycles. The molecule has 4 aliphatic carbocycles. The topological polar surface area (TPSA) is 94.3 Å². The first-order valence-electron chi connectivity index (χ1n) is 10.4. The number of hydrogen-bond acceptors (Lipinski definition) is 6. The first kappa shape index (κ1) is 18.3. The molecule has 0 radical (unpaired) electrons. The van der Waals surface area contributed by atoms with E-state index in [0.717, 1.165) is 42.6 Å². The fraction of sp³-hybridized carbons (Fsp3) is 0.545. The van der Waals surface area contributed by atoms with Crippen molar-refractivity contribution in [3.05, 3.63) is 30.3 Å². The lowest BCUT2D eigenvalue weighted by Crippen LogP contribution is -2.47. The van der Waals surface area contributed by atoms with Crippen LogP contribution in [-0.2, 0) is 14.3 Å². The van der Waals surface area contributed by atoms with E-state index >= 15 is 0 Å². The van der Waals surface area contributed by atoms with Gasteiger partial charge in [0.25, 0.3) is 5.91 Å². The number of benzene rings is 1. The first-order chi connectivity index (χ1) is 14.1. The minimum atomic E-state index is -0.480. The minimum Gasteiger partial charge on any atom is -0.456 e. The molecule has 0 aliphatic heterocycles. The highest BCUT2D eigenvalue weighted by Gasteiger charge is 2.51. The summed E-state index contributed by atoms with van der Waals surface area (Å²) in [7, 11) is 0. The van der Waals surface area contributed by atoms with E-state index in [0.29, 0.717) is 12.3 Å². The number of nitrogens with zero attached hydrogens (tertiary/aromatic N) is 2. The van der Waals surface area contributed by atoms with Crippen LogP contribution in [0.2, 0.25) is 0 Å². The van der Waals surface area contributed by atoms with E-state index in [2.05, 4.69) is 15.5 Å². The first-order valence-corrected chi connectivity index (χ1v) is 10.4. The van der Waals surface area contributed by atoms with Gasteiger partial charge in [0.2, 0.25) is 5.89 Å². The van der Waals surface area contributed by atoms with Gasteiger partial charge in [0.05, 0.1) is 6.42 Å². The molecular formula is C22H25N3O4. The normalized spacial score (nSPS) is 29.6. The van der Waals surface area contributed by atoms with Crippen molar-refractivity contribution in [3.8, 4) is 11.5 Å². The quantitative estimate of drug-likeness (QED) is 0.747. The van der Waals surface area contributed by atoms with Crippen molar-refractivity contribution in [3.63, 3.8) is 0 Å². The zero-order valence-corrected chi connectivity index (χ0v) is 16.3. The summed E-state index contributed by atoms with van der Waals surface area (Å²) in [4.78, 5) is 24.5. The van der Waals surface area contributed by atoms with Gasteiger partial charge in [-0.25, -0.2) is 0 Å². The largest absolute Gasteiger partial charge is 0.456 e. The van der Waals surface area contributed by atoms with E-state index in [1.165, 1.54) is 19.3 Å². The Morgan fingerprint density at radius 2 is 1.69 bits per heavy atom. The second-order valence-electron chi connectivity index (χ2n) is 9.08. The Morgan fingerprint density at radius 3 is 2.34 bits per heavy atom.